The quantitative estimate of drug-likeness (QED) is 0.717. The first-order valence-corrected chi connectivity index (χ1v) is 5.40. The SMILES string of the molecule is O=C(O)C1CC(CCC(F)F)CN1CCO. The first-order valence-electron chi connectivity index (χ1n) is 5.40. The van der Waals surface area contributed by atoms with Crippen molar-refractivity contribution in [2.24, 2.45) is 5.92 Å². The number of carbonyl (C=O) groups is 1. The van der Waals surface area contributed by atoms with Crippen LogP contribution in [0.15, 0.2) is 0 Å². The predicted octanol–water partition coefficient (Wildman–Crippen LogP) is 0.799. The van der Waals surface area contributed by atoms with Gasteiger partial charge in [-0.1, -0.05) is 0 Å². The largest absolute Gasteiger partial charge is 0.480 e. The Morgan fingerprint density at radius 1 is 1.50 bits per heavy atom. The summed E-state index contributed by atoms with van der Waals surface area (Å²) in [7, 11) is 0. The molecule has 0 aromatic carbocycles. The molecule has 1 heterocycles. The van der Waals surface area contributed by atoms with Gasteiger partial charge in [0.05, 0.1) is 6.61 Å². The van der Waals surface area contributed by atoms with E-state index in [2.05, 4.69) is 0 Å². The molecule has 2 unspecified atom stereocenters. The Bertz CT molecular complexity index is 238. The number of hydrogen-bond acceptors (Lipinski definition) is 3. The third-order valence-electron chi connectivity index (χ3n) is 2.96. The molecule has 2 N–H and O–H groups in total. The second-order valence-electron chi connectivity index (χ2n) is 4.14. The summed E-state index contributed by atoms with van der Waals surface area (Å²) in [5.41, 5.74) is 0. The van der Waals surface area contributed by atoms with Gasteiger partial charge in [0, 0.05) is 19.5 Å². The average molecular weight is 237 g/mol. The van der Waals surface area contributed by atoms with Crippen LogP contribution in [0.3, 0.4) is 0 Å². The molecular formula is C10H17F2NO3. The normalized spacial score (nSPS) is 26.5. The Hall–Kier alpha value is -0.750. The van der Waals surface area contributed by atoms with E-state index >= 15 is 0 Å². The van der Waals surface area contributed by atoms with Gasteiger partial charge in [-0.25, -0.2) is 8.78 Å². The number of aliphatic hydroxyl groups excluding tert-OH is 1. The Morgan fingerprint density at radius 3 is 2.69 bits per heavy atom. The van der Waals surface area contributed by atoms with E-state index in [1.54, 1.807) is 4.90 Å². The van der Waals surface area contributed by atoms with Crippen LogP contribution < -0.4 is 0 Å². The minimum atomic E-state index is -2.32. The van der Waals surface area contributed by atoms with E-state index < -0.39 is 18.4 Å². The predicted molar refractivity (Wildman–Crippen MR) is 53.4 cm³/mol. The van der Waals surface area contributed by atoms with Crippen LogP contribution in [0.2, 0.25) is 0 Å². The van der Waals surface area contributed by atoms with Gasteiger partial charge in [0.1, 0.15) is 6.04 Å². The fourth-order valence-electron chi connectivity index (χ4n) is 2.20. The van der Waals surface area contributed by atoms with Gasteiger partial charge in [-0.2, -0.15) is 0 Å². The van der Waals surface area contributed by atoms with Gasteiger partial charge in [0.2, 0.25) is 6.43 Å². The van der Waals surface area contributed by atoms with Crippen molar-refractivity contribution in [3.05, 3.63) is 0 Å². The van der Waals surface area contributed by atoms with Crippen molar-refractivity contribution in [2.45, 2.75) is 31.7 Å². The lowest BCUT2D eigenvalue weighted by Crippen LogP contribution is -2.37. The van der Waals surface area contributed by atoms with Crippen LogP contribution in [0.25, 0.3) is 0 Å². The van der Waals surface area contributed by atoms with Crippen molar-refractivity contribution in [1.82, 2.24) is 4.90 Å². The smallest absolute Gasteiger partial charge is 0.320 e. The van der Waals surface area contributed by atoms with E-state index in [-0.39, 0.29) is 18.9 Å². The molecule has 1 saturated heterocycles. The zero-order chi connectivity index (χ0) is 12.1. The maximum atomic E-state index is 12.0. The van der Waals surface area contributed by atoms with Gasteiger partial charge < -0.3 is 10.2 Å². The third-order valence-corrected chi connectivity index (χ3v) is 2.96. The van der Waals surface area contributed by atoms with E-state index in [0.717, 1.165) is 0 Å². The number of nitrogens with zero attached hydrogens (tertiary/aromatic N) is 1. The van der Waals surface area contributed by atoms with Crippen molar-refractivity contribution in [3.8, 4) is 0 Å². The topological polar surface area (TPSA) is 60.8 Å². The molecular weight excluding hydrogens is 220 g/mol. The van der Waals surface area contributed by atoms with Gasteiger partial charge in [-0.15, -0.1) is 0 Å². The molecule has 0 spiro atoms. The van der Waals surface area contributed by atoms with Gasteiger partial charge in [-0.05, 0) is 18.8 Å². The third kappa shape index (κ3) is 3.68. The summed E-state index contributed by atoms with van der Waals surface area (Å²) in [4.78, 5) is 12.6. The first-order chi connectivity index (χ1) is 7.54. The minimum Gasteiger partial charge on any atom is -0.480 e. The Morgan fingerprint density at radius 2 is 2.19 bits per heavy atom. The summed E-state index contributed by atoms with van der Waals surface area (Å²) in [5, 5.41) is 17.7. The van der Waals surface area contributed by atoms with Gasteiger partial charge in [0.25, 0.3) is 0 Å². The summed E-state index contributed by atoms with van der Waals surface area (Å²) < 4.78 is 24.0. The summed E-state index contributed by atoms with van der Waals surface area (Å²) >= 11 is 0. The van der Waals surface area contributed by atoms with Crippen LogP contribution in [0.1, 0.15) is 19.3 Å². The molecule has 94 valence electrons. The fraction of sp³-hybridized carbons (Fsp3) is 0.900. The number of halogens is 2. The maximum absolute atomic E-state index is 12.0. The molecule has 4 nitrogen and oxygen atoms in total. The molecule has 0 aromatic heterocycles. The molecule has 0 bridgehead atoms. The monoisotopic (exact) mass is 237 g/mol. The fourth-order valence-corrected chi connectivity index (χ4v) is 2.20. The average Bonchev–Trinajstić information content (AvgIpc) is 2.59. The van der Waals surface area contributed by atoms with Crippen molar-refractivity contribution in [2.75, 3.05) is 19.7 Å². The maximum Gasteiger partial charge on any atom is 0.320 e. The standard InChI is InChI=1S/C10H17F2NO3/c11-9(12)2-1-7-5-8(10(15)16)13(6-7)3-4-14/h7-9,14H,1-6H2,(H,15,16). The number of aliphatic carboxylic acids is 1. The highest BCUT2D eigenvalue weighted by Crippen LogP contribution is 2.27. The van der Waals surface area contributed by atoms with Crippen LogP contribution in [0, 0.1) is 5.92 Å². The minimum absolute atomic E-state index is 0.00153. The number of aliphatic hydroxyl groups is 1. The van der Waals surface area contributed by atoms with Crippen molar-refractivity contribution >= 4 is 5.97 Å². The lowest BCUT2D eigenvalue weighted by atomic mass is 10.0. The molecule has 16 heavy (non-hydrogen) atoms. The lowest BCUT2D eigenvalue weighted by Gasteiger charge is -2.19. The summed E-state index contributed by atoms with van der Waals surface area (Å²) in [6, 6.07) is -0.630. The molecule has 1 rings (SSSR count). The van der Waals surface area contributed by atoms with Gasteiger partial charge in [-0.3, -0.25) is 9.69 Å². The van der Waals surface area contributed by atoms with Crippen molar-refractivity contribution < 1.29 is 23.8 Å². The number of alkyl halides is 2. The molecule has 0 saturated carbocycles. The summed E-state index contributed by atoms with van der Waals surface area (Å²) in [5.74, 6) is -0.936. The number of hydrogen-bond donors (Lipinski definition) is 2. The van der Waals surface area contributed by atoms with E-state index in [1.165, 1.54) is 0 Å². The van der Waals surface area contributed by atoms with Crippen LogP contribution in [0.5, 0.6) is 0 Å². The van der Waals surface area contributed by atoms with Gasteiger partial charge in [0.15, 0.2) is 0 Å². The number of likely N-dealkylation sites (tertiary alicyclic amines) is 1. The van der Waals surface area contributed by atoms with E-state index in [4.69, 9.17) is 10.2 Å². The molecule has 0 aromatic rings. The van der Waals surface area contributed by atoms with E-state index in [9.17, 15) is 13.6 Å². The van der Waals surface area contributed by atoms with Gasteiger partial charge >= 0.3 is 5.97 Å². The number of rotatable bonds is 6. The molecule has 0 radical (unpaired) electrons. The molecule has 0 aliphatic carbocycles. The van der Waals surface area contributed by atoms with Crippen LogP contribution in [-0.4, -0.2) is 53.2 Å². The highest BCUT2D eigenvalue weighted by Gasteiger charge is 2.36. The zero-order valence-corrected chi connectivity index (χ0v) is 8.98. The summed E-state index contributed by atoms with van der Waals surface area (Å²) in [6.45, 7) is 0.678. The number of β-amino-alcohol motifs (C(OH)–C–C–N with tert-alkyl or cyclic N) is 1. The molecule has 0 amide bonds. The summed E-state index contributed by atoms with van der Waals surface area (Å²) in [6.07, 6.45) is -1.75. The Balaban J connectivity index is 2.45. The van der Waals surface area contributed by atoms with Crippen LogP contribution >= 0.6 is 0 Å². The molecule has 1 fully saturated rings. The van der Waals surface area contributed by atoms with Crippen molar-refractivity contribution in [1.29, 1.82) is 0 Å². The van der Waals surface area contributed by atoms with Crippen LogP contribution in [0.4, 0.5) is 8.78 Å². The van der Waals surface area contributed by atoms with Crippen LogP contribution in [-0.2, 0) is 4.79 Å². The first kappa shape index (κ1) is 13.3. The highest BCUT2D eigenvalue weighted by atomic mass is 19.3. The zero-order valence-electron chi connectivity index (χ0n) is 8.98. The molecule has 1 aliphatic heterocycles. The Labute approximate surface area is 92.9 Å². The van der Waals surface area contributed by atoms with E-state index in [1.807, 2.05) is 0 Å². The Kier molecular flexibility index (Phi) is 5.08. The second kappa shape index (κ2) is 6.10. The number of carboxylic acids is 1. The number of carboxylic acid groups (broad SMARTS) is 1. The van der Waals surface area contributed by atoms with Crippen molar-refractivity contribution in [3.63, 3.8) is 0 Å². The molecule has 2 atom stereocenters. The molecule has 1 aliphatic rings. The second-order valence-corrected chi connectivity index (χ2v) is 4.14. The highest BCUT2D eigenvalue weighted by molar-refractivity contribution is 5.73. The lowest BCUT2D eigenvalue weighted by molar-refractivity contribution is -0.142. The molecule has 6 heteroatoms. The van der Waals surface area contributed by atoms with E-state index in [0.29, 0.717) is 25.9 Å².